The zero-order valence-electron chi connectivity index (χ0n) is 15.9. The second-order valence-corrected chi connectivity index (χ2v) is 6.22. The maximum absolute atomic E-state index is 11.6. The Labute approximate surface area is 173 Å². The maximum atomic E-state index is 11.6. The molecule has 146 valence electrons. The summed E-state index contributed by atoms with van der Waals surface area (Å²) in [4.78, 5) is 16.2. The number of hydrogen-bond acceptors (Lipinski definition) is 3. The predicted octanol–water partition coefficient (Wildman–Crippen LogP) is 2.59. The average Bonchev–Trinajstić information content (AvgIpc) is 3.43. The highest BCUT2D eigenvalue weighted by Gasteiger charge is 2.28. The molecule has 1 saturated carbocycles. The molecular formula is C19H31IN4O2. The fraction of sp³-hybridized carbons (Fsp3) is 0.579. The van der Waals surface area contributed by atoms with Crippen molar-refractivity contribution in [2.75, 3.05) is 26.2 Å². The molecule has 1 aliphatic carbocycles. The smallest absolute Gasteiger partial charge is 0.223 e. The number of carbonyl (C=O) groups is 1. The van der Waals surface area contributed by atoms with E-state index in [2.05, 4.69) is 27.0 Å². The van der Waals surface area contributed by atoms with E-state index in [-0.39, 0.29) is 35.8 Å². The van der Waals surface area contributed by atoms with E-state index >= 15 is 0 Å². The normalized spacial score (nSPS) is 13.6. The van der Waals surface area contributed by atoms with Crippen LogP contribution in [0.25, 0.3) is 0 Å². The third kappa shape index (κ3) is 7.80. The third-order valence-corrected chi connectivity index (χ3v) is 3.97. The van der Waals surface area contributed by atoms with Gasteiger partial charge in [-0.2, -0.15) is 0 Å². The van der Waals surface area contributed by atoms with Gasteiger partial charge in [0.1, 0.15) is 5.75 Å². The van der Waals surface area contributed by atoms with Gasteiger partial charge in [-0.3, -0.25) is 4.79 Å². The summed E-state index contributed by atoms with van der Waals surface area (Å²) in [5.41, 5.74) is 2.26. The fourth-order valence-corrected chi connectivity index (χ4v) is 2.50. The van der Waals surface area contributed by atoms with Gasteiger partial charge in [-0.05, 0) is 50.8 Å². The van der Waals surface area contributed by atoms with Gasteiger partial charge in [-0.15, -0.1) is 24.0 Å². The summed E-state index contributed by atoms with van der Waals surface area (Å²) < 4.78 is 5.57. The van der Waals surface area contributed by atoms with Gasteiger partial charge in [0.15, 0.2) is 5.96 Å². The zero-order chi connectivity index (χ0) is 18.1. The van der Waals surface area contributed by atoms with Crippen LogP contribution in [-0.4, -0.2) is 38.1 Å². The van der Waals surface area contributed by atoms with Gasteiger partial charge in [0.2, 0.25) is 5.91 Å². The SMILES string of the molecule is CCNC(=NCc1ccc(OCC)c(C)c1)NCCNC(=O)C1CC1.I. The van der Waals surface area contributed by atoms with Crippen molar-refractivity contribution in [2.45, 2.75) is 40.2 Å². The van der Waals surface area contributed by atoms with Crippen molar-refractivity contribution in [1.82, 2.24) is 16.0 Å². The molecular weight excluding hydrogens is 443 g/mol. The number of carbonyl (C=O) groups excluding carboxylic acids is 1. The maximum Gasteiger partial charge on any atom is 0.223 e. The summed E-state index contributed by atoms with van der Waals surface area (Å²) in [5, 5.41) is 9.42. The average molecular weight is 474 g/mol. The lowest BCUT2D eigenvalue weighted by atomic mass is 10.1. The lowest BCUT2D eigenvalue weighted by Gasteiger charge is -2.12. The first-order chi connectivity index (χ1) is 12.1. The summed E-state index contributed by atoms with van der Waals surface area (Å²) in [6.07, 6.45) is 2.07. The highest BCUT2D eigenvalue weighted by Crippen LogP contribution is 2.28. The number of benzene rings is 1. The van der Waals surface area contributed by atoms with E-state index in [0.29, 0.717) is 26.2 Å². The molecule has 0 unspecified atom stereocenters. The first kappa shape index (κ1) is 22.5. The topological polar surface area (TPSA) is 74.8 Å². The molecule has 1 amide bonds. The Kier molecular flexibility index (Phi) is 10.4. The monoisotopic (exact) mass is 474 g/mol. The zero-order valence-corrected chi connectivity index (χ0v) is 18.3. The molecule has 0 radical (unpaired) electrons. The number of nitrogens with one attached hydrogen (secondary N) is 3. The molecule has 0 saturated heterocycles. The Morgan fingerprint density at radius 3 is 2.54 bits per heavy atom. The van der Waals surface area contributed by atoms with E-state index in [0.717, 1.165) is 42.2 Å². The van der Waals surface area contributed by atoms with Gasteiger partial charge in [-0.25, -0.2) is 4.99 Å². The standard InChI is InChI=1S/C19H30N4O2.HI/c1-4-20-19(22-11-10-21-18(24)16-7-8-16)23-13-15-6-9-17(25-5-2)14(3)12-15;/h6,9,12,16H,4-5,7-8,10-11,13H2,1-3H3,(H,21,24)(H2,20,22,23);1H. The summed E-state index contributed by atoms with van der Waals surface area (Å²) in [6.45, 7) is 9.40. The van der Waals surface area contributed by atoms with Crippen LogP contribution >= 0.6 is 24.0 Å². The fourth-order valence-electron chi connectivity index (χ4n) is 2.50. The molecule has 2 rings (SSSR count). The highest BCUT2D eigenvalue weighted by atomic mass is 127. The van der Waals surface area contributed by atoms with E-state index in [9.17, 15) is 4.79 Å². The molecule has 0 heterocycles. The number of halogens is 1. The van der Waals surface area contributed by atoms with Crippen LogP contribution in [0.4, 0.5) is 0 Å². The minimum absolute atomic E-state index is 0. The number of nitrogens with zero attached hydrogens (tertiary/aromatic N) is 1. The van der Waals surface area contributed by atoms with Crippen LogP contribution in [0.2, 0.25) is 0 Å². The third-order valence-electron chi connectivity index (χ3n) is 3.97. The van der Waals surface area contributed by atoms with Crippen LogP contribution in [0.3, 0.4) is 0 Å². The molecule has 0 bridgehead atoms. The van der Waals surface area contributed by atoms with Gasteiger partial charge in [0.05, 0.1) is 13.2 Å². The first-order valence-electron chi connectivity index (χ1n) is 9.16. The second kappa shape index (κ2) is 12.0. The molecule has 0 aliphatic heterocycles. The molecule has 26 heavy (non-hydrogen) atoms. The van der Waals surface area contributed by atoms with Crippen molar-refractivity contribution >= 4 is 35.8 Å². The number of rotatable bonds is 9. The Bertz CT molecular complexity index is 603. The molecule has 0 aromatic heterocycles. The van der Waals surface area contributed by atoms with E-state index in [1.165, 1.54) is 0 Å². The lowest BCUT2D eigenvalue weighted by molar-refractivity contribution is -0.122. The van der Waals surface area contributed by atoms with E-state index in [1.807, 2.05) is 32.9 Å². The summed E-state index contributed by atoms with van der Waals surface area (Å²) in [6, 6.07) is 6.15. The molecule has 0 spiro atoms. The molecule has 7 heteroatoms. The molecule has 1 aliphatic rings. The van der Waals surface area contributed by atoms with Crippen LogP contribution in [0.15, 0.2) is 23.2 Å². The van der Waals surface area contributed by atoms with Gasteiger partial charge in [-0.1, -0.05) is 12.1 Å². The van der Waals surface area contributed by atoms with Gasteiger partial charge < -0.3 is 20.7 Å². The summed E-state index contributed by atoms with van der Waals surface area (Å²) in [7, 11) is 0. The molecule has 1 aromatic carbocycles. The number of hydrogen-bond donors (Lipinski definition) is 3. The molecule has 3 N–H and O–H groups in total. The largest absolute Gasteiger partial charge is 0.494 e. The Hall–Kier alpha value is -1.51. The minimum atomic E-state index is 0. The van der Waals surface area contributed by atoms with Crippen LogP contribution in [0.1, 0.15) is 37.8 Å². The number of guanidine groups is 1. The molecule has 1 aromatic rings. The number of aryl methyl sites for hydroxylation is 1. The van der Waals surface area contributed by atoms with Crippen molar-refractivity contribution in [2.24, 2.45) is 10.9 Å². The van der Waals surface area contributed by atoms with Crippen molar-refractivity contribution in [3.8, 4) is 5.75 Å². The number of amides is 1. The number of aliphatic imine (C=N–C) groups is 1. The van der Waals surface area contributed by atoms with Crippen molar-refractivity contribution < 1.29 is 9.53 Å². The number of ether oxygens (including phenoxy) is 1. The minimum Gasteiger partial charge on any atom is -0.494 e. The Balaban J connectivity index is 0.00000338. The van der Waals surface area contributed by atoms with Crippen LogP contribution in [-0.2, 0) is 11.3 Å². The van der Waals surface area contributed by atoms with Crippen molar-refractivity contribution in [3.63, 3.8) is 0 Å². The highest BCUT2D eigenvalue weighted by molar-refractivity contribution is 14.0. The van der Waals surface area contributed by atoms with Gasteiger partial charge >= 0.3 is 0 Å². The predicted molar refractivity (Wildman–Crippen MR) is 116 cm³/mol. The van der Waals surface area contributed by atoms with Crippen LogP contribution < -0.4 is 20.7 Å². The van der Waals surface area contributed by atoms with Crippen molar-refractivity contribution in [3.05, 3.63) is 29.3 Å². The summed E-state index contributed by atoms with van der Waals surface area (Å²) in [5.74, 6) is 2.11. The molecule has 1 fully saturated rings. The summed E-state index contributed by atoms with van der Waals surface area (Å²) >= 11 is 0. The first-order valence-corrected chi connectivity index (χ1v) is 9.16. The van der Waals surface area contributed by atoms with Gasteiger partial charge in [0, 0.05) is 25.6 Å². The van der Waals surface area contributed by atoms with Gasteiger partial charge in [0.25, 0.3) is 0 Å². The van der Waals surface area contributed by atoms with Crippen LogP contribution in [0.5, 0.6) is 5.75 Å². The quantitative estimate of drug-likeness (QED) is 0.223. The van der Waals surface area contributed by atoms with Crippen molar-refractivity contribution in [1.29, 1.82) is 0 Å². The second-order valence-electron chi connectivity index (χ2n) is 6.22. The molecule has 0 atom stereocenters. The lowest BCUT2D eigenvalue weighted by Crippen LogP contribution is -2.41. The Morgan fingerprint density at radius 2 is 1.92 bits per heavy atom. The van der Waals surface area contributed by atoms with E-state index in [1.54, 1.807) is 0 Å². The van der Waals surface area contributed by atoms with E-state index < -0.39 is 0 Å². The van der Waals surface area contributed by atoms with Crippen LogP contribution in [0, 0.1) is 12.8 Å². The molecule has 6 nitrogen and oxygen atoms in total. The Morgan fingerprint density at radius 1 is 1.19 bits per heavy atom. The van der Waals surface area contributed by atoms with E-state index in [4.69, 9.17) is 4.74 Å².